The standard InChI is InChI=1S/C18H29ClN2O3S/c1-7-16(18(22)20-17(12(2)3)13(4)5)21(25(6,23)24)15-10-8-9-14(19)11-15/h8-13,16-17H,7H2,1-6H3,(H,20,22). The minimum atomic E-state index is -3.65. The molecule has 142 valence electrons. The van der Waals surface area contributed by atoms with Crippen molar-refractivity contribution in [1.29, 1.82) is 0 Å². The lowest BCUT2D eigenvalue weighted by molar-refractivity contribution is -0.123. The van der Waals surface area contributed by atoms with Crippen molar-refractivity contribution in [2.45, 2.75) is 53.1 Å². The van der Waals surface area contributed by atoms with Gasteiger partial charge >= 0.3 is 0 Å². The molecule has 0 heterocycles. The van der Waals surface area contributed by atoms with Gasteiger partial charge in [-0.3, -0.25) is 9.10 Å². The van der Waals surface area contributed by atoms with E-state index in [4.69, 9.17) is 11.6 Å². The molecule has 0 saturated heterocycles. The first kappa shape index (κ1) is 21.8. The van der Waals surface area contributed by atoms with Gasteiger partial charge in [-0.1, -0.05) is 52.3 Å². The van der Waals surface area contributed by atoms with Crippen molar-refractivity contribution in [1.82, 2.24) is 5.32 Å². The first-order valence-corrected chi connectivity index (χ1v) is 10.8. The molecule has 0 aliphatic carbocycles. The second kappa shape index (κ2) is 8.90. The Bertz CT molecular complexity index is 681. The quantitative estimate of drug-likeness (QED) is 0.738. The molecule has 0 saturated carbocycles. The van der Waals surface area contributed by atoms with E-state index in [-0.39, 0.29) is 23.8 Å². The van der Waals surface area contributed by atoms with Crippen LogP contribution in [0.5, 0.6) is 0 Å². The van der Waals surface area contributed by atoms with Crippen molar-refractivity contribution >= 4 is 33.2 Å². The van der Waals surface area contributed by atoms with Crippen LogP contribution in [-0.2, 0) is 14.8 Å². The normalized spacial score (nSPS) is 13.4. The van der Waals surface area contributed by atoms with Crippen molar-refractivity contribution in [3.05, 3.63) is 29.3 Å². The number of halogens is 1. The zero-order chi connectivity index (χ0) is 19.4. The van der Waals surface area contributed by atoms with E-state index in [2.05, 4.69) is 5.32 Å². The maximum atomic E-state index is 12.9. The van der Waals surface area contributed by atoms with Crippen LogP contribution in [0.25, 0.3) is 0 Å². The molecule has 0 spiro atoms. The molecule has 1 aromatic carbocycles. The third-order valence-corrected chi connectivity index (χ3v) is 5.55. The van der Waals surface area contributed by atoms with Gasteiger partial charge in [0, 0.05) is 11.1 Å². The molecule has 0 fully saturated rings. The summed E-state index contributed by atoms with van der Waals surface area (Å²) in [7, 11) is -3.65. The van der Waals surface area contributed by atoms with E-state index in [1.807, 2.05) is 27.7 Å². The summed E-state index contributed by atoms with van der Waals surface area (Å²) in [6.45, 7) is 9.95. The fourth-order valence-electron chi connectivity index (χ4n) is 3.04. The smallest absolute Gasteiger partial charge is 0.244 e. The van der Waals surface area contributed by atoms with Gasteiger partial charge in [0.2, 0.25) is 15.9 Å². The zero-order valence-electron chi connectivity index (χ0n) is 15.8. The number of carbonyl (C=O) groups is 1. The molecule has 1 amide bonds. The van der Waals surface area contributed by atoms with Crippen LogP contribution < -0.4 is 9.62 Å². The highest BCUT2D eigenvalue weighted by Crippen LogP contribution is 2.26. The highest BCUT2D eigenvalue weighted by atomic mass is 35.5. The molecule has 1 aromatic rings. The second-order valence-electron chi connectivity index (χ2n) is 6.99. The Balaban J connectivity index is 3.24. The highest BCUT2D eigenvalue weighted by molar-refractivity contribution is 7.92. The first-order chi connectivity index (χ1) is 11.5. The predicted molar refractivity (Wildman–Crippen MR) is 104 cm³/mol. The third-order valence-electron chi connectivity index (χ3n) is 4.14. The number of rotatable bonds is 8. The van der Waals surface area contributed by atoms with Crippen LogP contribution in [0, 0.1) is 11.8 Å². The zero-order valence-corrected chi connectivity index (χ0v) is 17.4. The first-order valence-electron chi connectivity index (χ1n) is 8.54. The molecule has 7 heteroatoms. The van der Waals surface area contributed by atoms with Gasteiger partial charge in [-0.15, -0.1) is 0 Å². The Morgan fingerprint density at radius 3 is 2.16 bits per heavy atom. The summed E-state index contributed by atoms with van der Waals surface area (Å²) >= 11 is 6.01. The molecule has 5 nitrogen and oxygen atoms in total. The molecule has 0 radical (unpaired) electrons. The fourth-order valence-corrected chi connectivity index (χ4v) is 4.43. The minimum absolute atomic E-state index is 0.0256. The lowest BCUT2D eigenvalue weighted by Gasteiger charge is -2.33. The van der Waals surface area contributed by atoms with Gasteiger partial charge in [0.05, 0.1) is 11.9 Å². The molecule has 25 heavy (non-hydrogen) atoms. The number of benzene rings is 1. The number of nitrogens with zero attached hydrogens (tertiary/aromatic N) is 1. The summed E-state index contributed by atoms with van der Waals surface area (Å²) in [5.74, 6) is 0.207. The van der Waals surface area contributed by atoms with Crippen LogP contribution >= 0.6 is 11.6 Å². The number of sulfonamides is 1. The predicted octanol–water partition coefficient (Wildman–Crippen LogP) is 3.68. The van der Waals surface area contributed by atoms with Gasteiger partial charge in [0.25, 0.3) is 0 Å². The van der Waals surface area contributed by atoms with E-state index in [9.17, 15) is 13.2 Å². The summed E-state index contributed by atoms with van der Waals surface area (Å²) in [5.41, 5.74) is 0.391. The number of nitrogens with one attached hydrogen (secondary N) is 1. The van der Waals surface area contributed by atoms with Crippen molar-refractivity contribution < 1.29 is 13.2 Å². The Labute approximate surface area is 156 Å². The number of hydrogen-bond donors (Lipinski definition) is 1. The second-order valence-corrected chi connectivity index (χ2v) is 9.28. The maximum absolute atomic E-state index is 12.9. The molecule has 1 N–H and O–H groups in total. The molecule has 0 aliphatic rings. The monoisotopic (exact) mass is 388 g/mol. The Kier molecular flexibility index (Phi) is 7.75. The summed E-state index contributed by atoms with van der Waals surface area (Å²) < 4.78 is 26.0. The van der Waals surface area contributed by atoms with Crippen molar-refractivity contribution in [2.24, 2.45) is 11.8 Å². The number of amides is 1. The van der Waals surface area contributed by atoms with Crippen LogP contribution in [-0.4, -0.2) is 32.7 Å². The number of anilines is 1. The molecule has 0 aliphatic heterocycles. The molecular formula is C18H29ClN2O3S. The summed E-state index contributed by atoms with van der Waals surface area (Å²) in [6, 6.07) is 5.69. The molecular weight excluding hydrogens is 360 g/mol. The summed E-state index contributed by atoms with van der Waals surface area (Å²) in [6.07, 6.45) is 1.46. The molecule has 0 aromatic heterocycles. The fraction of sp³-hybridized carbons (Fsp3) is 0.611. The van der Waals surface area contributed by atoms with Gasteiger partial charge in [-0.2, -0.15) is 0 Å². The summed E-state index contributed by atoms with van der Waals surface area (Å²) in [5, 5.41) is 3.45. The van der Waals surface area contributed by atoms with Gasteiger partial charge in [-0.25, -0.2) is 8.42 Å². The van der Waals surface area contributed by atoms with Crippen LogP contribution in [0.2, 0.25) is 5.02 Å². The Hall–Kier alpha value is -1.27. The largest absolute Gasteiger partial charge is 0.351 e. The van der Waals surface area contributed by atoms with E-state index in [0.717, 1.165) is 10.6 Å². The number of carbonyl (C=O) groups excluding carboxylic acids is 1. The van der Waals surface area contributed by atoms with E-state index < -0.39 is 16.1 Å². The lowest BCUT2D eigenvalue weighted by atomic mass is 9.93. The van der Waals surface area contributed by atoms with Gasteiger partial charge < -0.3 is 5.32 Å². The lowest BCUT2D eigenvalue weighted by Crippen LogP contribution is -2.53. The van der Waals surface area contributed by atoms with Crippen molar-refractivity contribution in [3.63, 3.8) is 0 Å². The molecule has 1 atom stereocenters. The van der Waals surface area contributed by atoms with E-state index in [0.29, 0.717) is 17.1 Å². The van der Waals surface area contributed by atoms with E-state index in [1.165, 1.54) is 0 Å². The van der Waals surface area contributed by atoms with E-state index >= 15 is 0 Å². The van der Waals surface area contributed by atoms with Crippen LogP contribution in [0.1, 0.15) is 41.0 Å². The molecule has 1 unspecified atom stereocenters. The third kappa shape index (κ3) is 5.89. The summed E-state index contributed by atoms with van der Waals surface area (Å²) in [4.78, 5) is 12.9. The average molecular weight is 389 g/mol. The minimum Gasteiger partial charge on any atom is -0.351 e. The number of hydrogen-bond acceptors (Lipinski definition) is 3. The maximum Gasteiger partial charge on any atom is 0.244 e. The Morgan fingerprint density at radius 1 is 1.20 bits per heavy atom. The molecule has 1 rings (SSSR count). The van der Waals surface area contributed by atoms with Gasteiger partial charge in [0.1, 0.15) is 6.04 Å². The van der Waals surface area contributed by atoms with Crippen LogP contribution in [0.4, 0.5) is 5.69 Å². The van der Waals surface area contributed by atoms with Crippen LogP contribution in [0.15, 0.2) is 24.3 Å². The highest BCUT2D eigenvalue weighted by Gasteiger charge is 2.33. The molecule has 0 bridgehead atoms. The van der Waals surface area contributed by atoms with Gasteiger partial charge in [0.15, 0.2) is 0 Å². The average Bonchev–Trinajstić information content (AvgIpc) is 2.47. The van der Waals surface area contributed by atoms with Crippen molar-refractivity contribution in [3.8, 4) is 0 Å². The topological polar surface area (TPSA) is 66.5 Å². The van der Waals surface area contributed by atoms with Crippen molar-refractivity contribution in [2.75, 3.05) is 10.6 Å². The van der Waals surface area contributed by atoms with Crippen LogP contribution in [0.3, 0.4) is 0 Å². The van der Waals surface area contributed by atoms with E-state index in [1.54, 1.807) is 31.2 Å². The van der Waals surface area contributed by atoms with Gasteiger partial charge in [-0.05, 0) is 36.5 Å². The SMILES string of the molecule is CCC(C(=O)NC(C(C)C)C(C)C)N(c1cccc(Cl)c1)S(C)(=O)=O. The Morgan fingerprint density at radius 2 is 1.76 bits per heavy atom.